The first-order chi connectivity index (χ1) is 5.95. The van der Waals surface area contributed by atoms with Crippen LogP contribution in [0.25, 0.3) is 0 Å². The topological polar surface area (TPSA) is 55.3 Å². The van der Waals surface area contributed by atoms with Crippen LogP contribution in [0.4, 0.5) is 0 Å². The largest absolute Gasteiger partial charge is 0.598 e. The molecule has 1 aliphatic carbocycles. The average molecular weight is 205 g/mol. The average Bonchev–Trinajstić information content (AvgIpc) is 2.80. The SMILES string of the molecule is CC(C)(C)[S+]([O-])N[C@@H](CO)C1CC1. The number of rotatable bonds is 4. The minimum absolute atomic E-state index is 0.0278. The number of aliphatic hydroxyl groups is 1. The lowest BCUT2D eigenvalue weighted by atomic mass is 10.2. The predicted molar refractivity (Wildman–Crippen MR) is 54.6 cm³/mol. The molecule has 0 aromatic heterocycles. The van der Waals surface area contributed by atoms with Crippen molar-refractivity contribution in [3.05, 3.63) is 0 Å². The van der Waals surface area contributed by atoms with Crippen LogP contribution in [0, 0.1) is 5.92 Å². The lowest BCUT2D eigenvalue weighted by Gasteiger charge is -2.27. The van der Waals surface area contributed by atoms with Gasteiger partial charge >= 0.3 is 0 Å². The first-order valence-electron chi connectivity index (χ1n) is 4.74. The molecule has 78 valence electrons. The van der Waals surface area contributed by atoms with E-state index in [1.54, 1.807) is 0 Å². The molecule has 1 saturated carbocycles. The van der Waals surface area contributed by atoms with Gasteiger partial charge in [-0.2, -0.15) is 0 Å². The summed E-state index contributed by atoms with van der Waals surface area (Å²) in [6.07, 6.45) is 2.30. The second-order valence-corrected chi connectivity index (χ2v) is 6.62. The molecule has 0 saturated heterocycles. The van der Waals surface area contributed by atoms with Gasteiger partial charge in [-0.25, -0.2) is 0 Å². The van der Waals surface area contributed by atoms with Crippen molar-refractivity contribution >= 4 is 11.4 Å². The van der Waals surface area contributed by atoms with Gasteiger partial charge < -0.3 is 9.66 Å². The Balaban J connectivity index is 2.36. The Bertz CT molecular complexity index is 165. The van der Waals surface area contributed by atoms with E-state index in [0.717, 1.165) is 12.8 Å². The molecule has 2 N–H and O–H groups in total. The minimum Gasteiger partial charge on any atom is -0.598 e. The lowest BCUT2D eigenvalue weighted by molar-refractivity contribution is 0.243. The molecular formula is C9H19NO2S. The maximum absolute atomic E-state index is 11.7. The van der Waals surface area contributed by atoms with Gasteiger partial charge in [-0.15, -0.1) is 4.72 Å². The van der Waals surface area contributed by atoms with Crippen LogP contribution in [0.1, 0.15) is 33.6 Å². The summed E-state index contributed by atoms with van der Waals surface area (Å²) in [4.78, 5) is 0. The summed E-state index contributed by atoms with van der Waals surface area (Å²) in [6.45, 7) is 5.87. The normalized spacial score (nSPS) is 22.8. The molecule has 0 bridgehead atoms. The van der Waals surface area contributed by atoms with E-state index in [1.807, 2.05) is 20.8 Å². The van der Waals surface area contributed by atoms with Crippen LogP contribution in [-0.4, -0.2) is 27.1 Å². The van der Waals surface area contributed by atoms with E-state index in [-0.39, 0.29) is 17.4 Å². The standard InChI is InChI=1S/C9H19NO2S/c1-9(2,3)13(12)10-8(6-11)7-4-5-7/h7-8,10-11H,4-6H2,1-3H3/t8-,13?/m0/s1. The maximum Gasteiger partial charge on any atom is 0.136 e. The molecule has 1 aliphatic rings. The summed E-state index contributed by atoms with van der Waals surface area (Å²) >= 11 is -1.06. The van der Waals surface area contributed by atoms with Crippen LogP contribution in [0.2, 0.25) is 0 Å². The van der Waals surface area contributed by atoms with E-state index in [9.17, 15) is 4.55 Å². The summed E-state index contributed by atoms with van der Waals surface area (Å²) < 4.78 is 14.4. The van der Waals surface area contributed by atoms with Crippen LogP contribution in [0.3, 0.4) is 0 Å². The Morgan fingerprint density at radius 1 is 1.54 bits per heavy atom. The predicted octanol–water partition coefficient (Wildman–Crippen LogP) is 0.809. The first-order valence-corrected chi connectivity index (χ1v) is 5.89. The maximum atomic E-state index is 11.7. The van der Waals surface area contributed by atoms with Crippen molar-refractivity contribution < 1.29 is 9.66 Å². The molecule has 0 radical (unpaired) electrons. The van der Waals surface area contributed by atoms with Crippen molar-refractivity contribution in [3.63, 3.8) is 0 Å². The molecule has 0 aromatic carbocycles. The van der Waals surface area contributed by atoms with Crippen LogP contribution < -0.4 is 4.72 Å². The van der Waals surface area contributed by atoms with Gasteiger partial charge in [-0.1, -0.05) is 0 Å². The monoisotopic (exact) mass is 205 g/mol. The highest BCUT2D eigenvalue weighted by Crippen LogP contribution is 2.33. The van der Waals surface area contributed by atoms with Gasteiger partial charge in [-0.05, 0) is 39.5 Å². The van der Waals surface area contributed by atoms with E-state index in [0.29, 0.717) is 5.92 Å². The molecular weight excluding hydrogens is 186 g/mol. The number of aliphatic hydroxyl groups excluding tert-OH is 1. The van der Waals surface area contributed by atoms with Crippen molar-refractivity contribution in [3.8, 4) is 0 Å². The third-order valence-corrected chi connectivity index (χ3v) is 3.83. The van der Waals surface area contributed by atoms with Crippen LogP contribution in [0.5, 0.6) is 0 Å². The number of hydrogen-bond donors (Lipinski definition) is 2. The summed E-state index contributed by atoms with van der Waals surface area (Å²) in [5, 5.41) is 9.05. The van der Waals surface area contributed by atoms with Gasteiger partial charge in [-0.3, -0.25) is 0 Å². The Kier molecular flexibility index (Phi) is 3.63. The molecule has 2 atom stereocenters. The summed E-state index contributed by atoms with van der Waals surface area (Å²) in [6, 6.07) is 0.0278. The molecule has 1 unspecified atom stereocenters. The summed E-state index contributed by atoms with van der Waals surface area (Å²) in [5.41, 5.74) is 0. The van der Waals surface area contributed by atoms with E-state index in [1.165, 1.54) is 0 Å². The second kappa shape index (κ2) is 4.17. The molecule has 0 aromatic rings. The number of hydrogen-bond acceptors (Lipinski definition) is 3. The number of nitrogens with one attached hydrogen (secondary N) is 1. The third-order valence-electron chi connectivity index (χ3n) is 2.20. The van der Waals surface area contributed by atoms with E-state index in [2.05, 4.69) is 4.72 Å². The zero-order chi connectivity index (χ0) is 10.1. The fourth-order valence-electron chi connectivity index (χ4n) is 1.10. The lowest BCUT2D eigenvalue weighted by Crippen LogP contribution is -2.47. The highest BCUT2D eigenvalue weighted by Gasteiger charge is 2.36. The van der Waals surface area contributed by atoms with Crippen molar-refractivity contribution in [2.45, 2.75) is 44.4 Å². The molecule has 0 heterocycles. The molecule has 1 rings (SSSR count). The van der Waals surface area contributed by atoms with Gasteiger partial charge in [0.05, 0.1) is 12.6 Å². The fourth-order valence-corrected chi connectivity index (χ4v) is 1.99. The quantitative estimate of drug-likeness (QED) is 0.668. The van der Waals surface area contributed by atoms with Crippen LogP contribution in [0.15, 0.2) is 0 Å². The van der Waals surface area contributed by atoms with Crippen LogP contribution >= 0.6 is 0 Å². The smallest absolute Gasteiger partial charge is 0.136 e. The third kappa shape index (κ3) is 3.46. The molecule has 1 fully saturated rings. The Morgan fingerprint density at radius 2 is 2.08 bits per heavy atom. The van der Waals surface area contributed by atoms with Crippen molar-refractivity contribution in [2.24, 2.45) is 5.92 Å². The molecule has 4 heteroatoms. The highest BCUT2D eigenvalue weighted by molar-refractivity contribution is 7.90. The minimum atomic E-state index is -1.06. The van der Waals surface area contributed by atoms with Crippen molar-refractivity contribution in [2.75, 3.05) is 6.61 Å². The molecule has 0 aliphatic heterocycles. The molecule has 3 nitrogen and oxygen atoms in total. The van der Waals surface area contributed by atoms with Gasteiger partial charge in [0.1, 0.15) is 4.75 Å². The fraction of sp³-hybridized carbons (Fsp3) is 1.00. The van der Waals surface area contributed by atoms with E-state index in [4.69, 9.17) is 5.11 Å². The van der Waals surface area contributed by atoms with Gasteiger partial charge in [0.25, 0.3) is 0 Å². The first kappa shape index (κ1) is 11.3. The second-order valence-electron chi connectivity index (χ2n) is 4.63. The summed E-state index contributed by atoms with van der Waals surface area (Å²) in [7, 11) is 0. The van der Waals surface area contributed by atoms with E-state index >= 15 is 0 Å². The molecule has 13 heavy (non-hydrogen) atoms. The van der Waals surface area contributed by atoms with Crippen molar-refractivity contribution in [1.82, 2.24) is 4.72 Å². The highest BCUT2D eigenvalue weighted by atomic mass is 32.2. The zero-order valence-corrected chi connectivity index (χ0v) is 9.36. The zero-order valence-electron chi connectivity index (χ0n) is 8.54. The molecule has 0 amide bonds. The Hall–Kier alpha value is 0.230. The van der Waals surface area contributed by atoms with Gasteiger partial charge in [0.15, 0.2) is 0 Å². The summed E-state index contributed by atoms with van der Waals surface area (Å²) in [5.74, 6) is 0.538. The Morgan fingerprint density at radius 3 is 2.38 bits per heavy atom. The molecule has 0 spiro atoms. The van der Waals surface area contributed by atoms with Gasteiger partial charge in [0.2, 0.25) is 0 Å². The Labute approximate surface area is 83.2 Å². The van der Waals surface area contributed by atoms with E-state index < -0.39 is 11.4 Å². The van der Waals surface area contributed by atoms with Crippen molar-refractivity contribution in [1.29, 1.82) is 0 Å². The van der Waals surface area contributed by atoms with Gasteiger partial charge in [0, 0.05) is 11.4 Å². The van der Waals surface area contributed by atoms with Crippen LogP contribution in [-0.2, 0) is 11.4 Å².